The zero-order valence-corrected chi connectivity index (χ0v) is 14.3. The van der Waals surface area contributed by atoms with Crippen molar-refractivity contribution in [2.45, 2.75) is 25.8 Å². The van der Waals surface area contributed by atoms with Crippen molar-refractivity contribution in [2.75, 3.05) is 6.54 Å². The van der Waals surface area contributed by atoms with Crippen molar-refractivity contribution in [1.29, 1.82) is 0 Å². The van der Waals surface area contributed by atoms with Crippen LogP contribution in [-0.2, 0) is 16.0 Å². The topological polar surface area (TPSA) is 74.0 Å². The molecule has 0 spiro atoms. The first-order chi connectivity index (χ1) is 12.1. The molecule has 1 aromatic carbocycles. The average molecular weight is 337 g/mol. The Balaban J connectivity index is 1.50. The molecule has 1 aromatic heterocycles. The minimum absolute atomic E-state index is 0.00243. The van der Waals surface area contributed by atoms with Gasteiger partial charge in [0.15, 0.2) is 0 Å². The molecule has 0 fully saturated rings. The fraction of sp³-hybridized carbons (Fsp3) is 0.300. The Morgan fingerprint density at radius 1 is 1.36 bits per heavy atom. The van der Waals surface area contributed by atoms with Crippen molar-refractivity contribution in [3.05, 3.63) is 60.3 Å². The number of amides is 2. The standard InChI is InChI=1S/C20H23N3O2/c1-3-19(24)23-16-6-5-14(11-16)20(25)21-9-8-15-12-22-18-7-4-13(2)10-17(15)18/h3-7,10,12,14,16,22H,1,8-9,11H2,2H3,(H,21,25)(H,23,24)/t14-,16+/m1/s1. The second kappa shape index (κ2) is 7.38. The molecule has 25 heavy (non-hydrogen) atoms. The number of aromatic nitrogens is 1. The van der Waals surface area contributed by atoms with Gasteiger partial charge < -0.3 is 15.6 Å². The minimum Gasteiger partial charge on any atom is -0.361 e. The van der Waals surface area contributed by atoms with E-state index in [4.69, 9.17) is 0 Å². The van der Waals surface area contributed by atoms with E-state index in [1.165, 1.54) is 22.6 Å². The van der Waals surface area contributed by atoms with E-state index in [1.54, 1.807) is 0 Å². The Labute approximate surface area is 147 Å². The Morgan fingerprint density at radius 3 is 3.00 bits per heavy atom. The fourth-order valence-electron chi connectivity index (χ4n) is 3.19. The predicted octanol–water partition coefficient (Wildman–Crippen LogP) is 2.38. The molecule has 1 aliphatic carbocycles. The van der Waals surface area contributed by atoms with E-state index < -0.39 is 0 Å². The summed E-state index contributed by atoms with van der Waals surface area (Å²) in [5, 5.41) is 6.99. The first-order valence-electron chi connectivity index (χ1n) is 8.52. The Bertz CT molecular complexity index is 835. The number of aryl methyl sites for hydroxylation is 1. The lowest BCUT2D eigenvalue weighted by molar-refractivity contribution is -0.124. The lowest BCUT2D eigenvalue weighted by Crippen LogP contribution is -2.35. The van der Waals surface area contributed by atoms with Crippen LogP contribution in [0.3, 0.4) is 0 Å². The van der Waals surface area contributed by atoms with Crippen LogP contribution in [0.15, 0.2) is 49.2 Å². The lowest BCUT2D eigenvalue weighted by atomic mass is 10.1. The predicted molar refractivity (Wildman–Crippen MR) is 99.1 cm³/mol. The van der Waals surface area contributed by atoms with Gasteiger partial charge in [0.05, 0.1) is 5.92 Å². The average Bonchev–Trinajstić information content (AvgIpc) is 3.22. The van der Waals surface area contributed by atoms with Crippen molar-refractivity contribution >= 4 is 22.7 Å². The highest BCUT2D eigenvalue weighted by atomic mass is 16.2. The maximum Gasteiger partial charge on any atom is 0.243 e. The van der Waals surface area contributed by atoms with Crippen molar-refractivity contribution < 1.29 is 9.59 Å². The summed E-state index contributed by atoms with van der Waals surface area (Å²) >= 11 is 0. The van der Waals surface area contributed by atoms with Gasteiger partial charge in [0.25, 0.3) is 0 Å². The van der Waals surface area contributed by atoms with Crippen molar-refractivity contribution in [3.8, 4) is 0 Å². The Kier molecular flexibility index (Phi) is 5.03. The van der Waals surface area contributed by atoms with Gasteiger partial charge in [0.2, 0.25) is 11.8 Å². The van der Waals surface area contributed by atoms with E-state index >= 15 is 0 Å². The molecule has 5 nitrogen and oxygen atoms in total. The summed E-state index contributed by atoms with van der Waals surface area (Å²) in [6.07, 6.45) is 8.35. The molecule has 1 aliphatic rings. The molecule has 0 saturated carbocycles. The fourth-order valence-corrected chi connectivity index (χ4v) is 3.19. The van der Waals surface area contributed by atoms with Gasteiger partial charge >= 0.3 is 0 Å². The number of nitrogens with one attached hydrogen (secondary N) is 3. The number of aromatic amines is 1. The maximum atomic E-state index is 12.3. The molecule has 0 unspecified atom stereocenters. The van der Waals surface area contributed by atoms with Crippen LogP contribution in [0.1, 0.15) is 17.5 Å². The summed E-state index contributed by atoms with van der Waals surface area (Å²) in [4.78, 5) is 26.9. The molecule has 2 atom stereocenters. The van der Waals surface area contributed by atoms with Crippen LogP contribution in [0.25, 0.3) is 10.9 Å². The van der Waals surface area contributed by atoms with Crippen LogP contribution in [0.4, 0.5) is 0 Å². The summed E-state index contributed by atoms with van der Waals surface area (Å²) in [7, 11) is 0. The van der Waals surface area contributed by atoms with Gasteiger partial charge in [0, 0.05) is 29.7 Å². The molecule has 1 heterocycles. The first-order valence-corrected chi connectivity index (χ1v) is 8.52. The molecular weight excluding hydrogens is 314 g/mol. The molecule has 0 aliphatic heterocycles. The van der Waals surface area contributed by atoms with E-state index in [2.05, 4.69) is 47.3 Å². The van der Waals surface area contributed by atoms with Gasteiger partial charge in [-0.1, -0.05) is 30.4 Å². The summed E-state index contributed by atoms with van der Waals surface area (Å²) in [5.74, 6) is -0.409. The second-order valence-electron chi connectivity index (χ2n) is 6.45. The van der Waals surface area contributed by atoms with Crippen molar-refractivity contribution in [2.24, 2.45) is 5.92 Å². The van der Waals surface area contributed by atoms with Crippen LogP contribution >= 0.6 is 0 Å². The number of rotatable bonds is 6. The Hall–Kier alpha value is -2.82. The molecule has 0 saturated heterocycles. The van der Waals surface area contributed by atoms with Gasteiger partial charge in [-0.25, -0.2) is 0 Å². The number of H-pyrrole nitrogens is 1. The molecular formula is C20H23N3O2. The number of benzene rings is 1. The molecule has 2 aromatic rings. The Morgan fingerprint density at radius 2 is 2.20 bits per heavy atom. The van der Waals surface area contributed by atoms with E-state index in [0.717, 1.165) is 11.9 Å². The van der Waals surface area contributed by atoms with E-state index in [1.807, 2.05) is 18.3 Å². The third kappa shape index (κ3) is 3.99. The minimum atomic E-state index is -0.217. The van der Waals surface area contributed by atoms with Crippen LogP contribution in [0.2, 0.25) is 0 Å². The van der Waals surface area contributed by atoms with Crippen LogP contribution in [0.5, 0.6) is 0 Å². The molecule has 0 radical (unpaired) electrons. The second-order valence-corrected chi connectivity index (χ2v) is 6.45. The van der Waals surface area contributed by atoms with Gasteiger partial charge in [-0.05, 0) is 43.5 Å². The molecule has 3 N–H and O–H groups in total. The normalized spacial score (nSPS) is 19.1. The zero-order valence-electron chi connectivity index (χ0n) is 14.3. The smallest absolute Gasteiger partial charge is 0.243 e. The van der Waals surface area contributed by atoms with Gasteiger partial charge in [0.1, 0.15) is 0 Å². The van der Waals surface area contributed by atoms with Crippen LogP contribution in [-0.4, -0.2) is 29.4 Å². The van der Waals surface area contributed by atoms with Crippen LogP contribution < -0.4 is 10.6 Å². The number of fused-ring (bicyclic) bond motifs is 1. The third-order valence-corrected chi connectivity index (χ3v) is 4.55. The van der Waals surface area contributed by atoms with E-state index in [0.29, 0.717) is 13.0 Å². The molecule has 3 rings (SSSR count). The number of carbonyl (C=O) groups is 2. The highest BCUT2D eigenvalue weighted by Gasteiger charge is 2.25. The quantitative estimate of drug-likeness (QED) is 0.559. The van der Waals surface area contributed by atoms with Gasteiger partial charge in [-0.15, -0.1) is 0 Å². The lowest BCUT2D eigenvalue weighted by Gasteiger charge is -2.13. The molecule has 130 valence electrons. The van der Waals surface area contributed by atoms with Crippen molar-refractivity contribution in [3.63, 3.8) is 0 Å². The largest absolute Gasteiger partial charge is 0.361 e. The van der Waals surface area contributed by atoms with Crippen molar-refractivity contribution in [1.82, 2.24) is 15.6 Å². The van der Waals surface area contributed by atoms with Gasteiger partial charge in [-0.3, -0.25) is 9.59 Å². The zero-order chi connectivity index (χ0) is 17.8. The summed E-state index contributed by atoms with van der Waals surface area (Å²) in [6, 6.07) is 6.22. The molecule has 2 amide bonds. The maximum absolute atomic E-state index is 12.3. The summed E-state index contributed by atoms with van der Waals surface area (Å²) < 4.78 is 0. The number of carbonyl (C=O) groups excluding carboxylic acids is 2. The van der Waals surface area contributed by atoms with Crippen LogP contribution in [0, 0.1) is 12.8 Å². The monoisotopic (exact) mass is 337 g/mol. The summed E-state index contributed by atoms with van der Waals surface area (Å²) in [6.45, 7) is 6.10. The number of hydrogen-bond donors (Lipinski definition) is 3. The highest BCUT2D eigenvalue weighted by molar-refractivity contribution is 5.88. The van der Waals surface area contributed by atoms with E-state index in [-0.39, 0.29) is 23.8 Å². The molecule has 5 heteroatoms. The van der Waals surface area contributed by atoms with E-state index in [9.17, 15) is 9.59 Å². The van der Waals surface area contributed by atoms with Gasteiger partial charge in [-0.2, -0.15) is 0 Å². The first kappa shape index (κ1) is 17.0. The molecule has 0 bridgehead atoms. The number of hydrogen-bond acceptors (Lipinski definition) is 2. The summed E-state index contributed by atoms with van der Waals surface area (Å²) in [5.41, 5.74) is 3.55. The highest BCUT2D eigenvalue weighted by Crippen LogP contribution is 2.20. The SMILES string of the molecule is C=CC(=O)N[C@H]1C=C[C@@H](C(=O)NCCc2c[nH]c3ccc(C)cc23)C1. The third-order valence-electron chi connectivity index (χ3n) is 4.55.